The molecule has 0 bridgehead atoms. The maximum absolute atomic E-state index is 11.8. The number of hydrogen-bond acceptors (Lipinski definition) is 5. The Bertz CT molecular complexity index is 472. The average Bonchev–Trinajstić information content (AvgIpc) is 2.38. The van der Waals surface area contributed by atoms with Gasteiger partial charge in [-0.05, 0) is 13.0 Å². The van der Waals surface area contributed by atoms with E-state index in [2.05, 4.69) is 21.8 Å². The number of likely N-dealkylation sites (N-methyl/N-ethyl adjacent to an activating group) is 1. The number of ether oxygens (including phenoxy) is 1. The van der Waals surface area contributed by atoms with Crippen molar-refractivity contribution in [3.05, 3.63) is 21.7 Å². The fourth-order valence-corrected chi connectivity index (χ4v) is 2.13. The molecule has 1 aliphatic heterocycles. The minimum absolute atomic E-state index is 0.187. The summed E-state index contributed by atoms with van der Waals surface area (Å²) in [4.78, 5) is 20.7. The van der Waals surface area contributed by atoms with E-state index in [1.165, 1.54) is 0 Å². The highest BCUT2D eigenvalue weighted by atomic mass is 16.5. The molecule has 0 saturated carbocycles. The SMILES string of the molecule is CCc1c(O)nc(C2CN(CC)CCO2)[nH]c1=O. The van der Waals surface area contributed by atoms with Crippen molar-refractivity contribution in [3.8, 4) is 5.88 Å². The highest BCUT2D eigenvalue weighted by Crippen LogP contribution is 2.20. The minimum Gasteiger partial charge on any atom is -0.493 e. The molecule has 1 unspecified atom stereocenters. The molecule has 18 heavy (non-hydrogen) atoms. The molecule has 100 valence electrons. The summed E-state index contributed by atoms with van der Waals surface area (Å²) in [6.45, 7) is 7.00. The van der Waals surface area contributed by atoms with Gasteiger partial charge in [-0.15, -0.1) is 0 Å². The van der Waals surface area contributed by atoms with Crippen LogP contribution in [0.2, 0.25) is 0 Å². The largest absolute Gasteiger partial charge is 0.493 e. The van der Waals surface area contributed by atoms with Gasteiger partial charge in [0.15, 0.2) is 0 Å². The van der Waals surface area contributed by atoms with Crippen LogP contribution in [0.4, 0.5) is 0 Å². The van der Waals surface area contributed by atoms with Gasteiger partial charge < -0.3 is 14.8 Å². The van der Waals surface area contributed by atoms with Crippen LogP contribution in [0.15, 0.2) is 4.79 Å². The first-order valence-corrected chi connectivity index (χ1v) is 6.31. The summed E-state index contributed by atoms with van der Waals surface area (Å²) in [6.07, 6.45) is 0.185. The van der Waals surface area contributed by atoms with Gasteiger partial charge in [0, 0.05) is 13.1 Å². The van der Waals surface area contributed by atoms with Crippen LogP contribution in [0.5, 0.6) is 5.88 Å². The van der Waals surface area contributed by atoms with Crippen molar-refractivity contribution >= 4 is 0 Å². The molecule has 0 aliphatic carbocycles. The van der Waals surface area contributed by atoms with Gasteiger partial charge in [0.1, 0.15) is 11.9 Å². The van der Waals surface area contributed by atoms with Crippen molar-refractivity contribution in [2.24, 2.45) is 0 Å². The molecule has 1 atom stereocenters. The lowest BCUT2D eigenvalue weighted by molar-refractivity contribution is -0.0329. The molecular weight excluding hydrogens is 234 g/mol. The first-order chi connectivity index (χ1) is 8.65. The summed E-state index contributed by atoms with van der Waals surface area (Å²) in [6, 6.07) is 0. The van der Waals surface area contributed by atoms with Crippen molar-refractivity contribution in [2.45, 2.75) is 26.4 Å². The van der Waals surface area contributed by atoms with Crippen LogP contribution >= 0.6 is 0 Å². The normalized spacial score (nSPS) is 21.1. The zero-order chi connectivity index (χ0) is 13.1. The van der Waals surface area contributed by atoms with E-state index >= 15 is 0 Å². The maximum Gasteiger partial charge on any atom is 0.257 e. The Morgan fingerprint density at radius 2 is 2.33 bits per heavy atom. The number of hydrogen-bond donors (Lipinski definition) is 2. The number of aromatic hydroxyl groups is 1. The molecule has 6 nitrogen and oxygen atoms in total. The standard InChI is InChI=1S/C12H19N3O3/c1-3-8-11(16)13-10(14-12(8)17)9-7-15(4-2)5-6-18-9/h9H,3-7H2,1-2H3,(H2,13,14,16,17). The molecule has 0 spiro atoms. The van der Waals surface area contributed by atoms with Crippen molar-refractivity contribution in [3.63, 3.8) is 0 Å². The van der Waals surface area contributed by atoms with Gasteiger partial charge in [0.05, 0.1) is 12.2 Å². The quantitative estimate of drug-likeness (QED) is 0.816. The highest BCUT2D eigenvalue weighted by Gasteiger charge is 2.24. The first-order valence-electron chi connectivity index (χ1n) is 6.31. The Morgan fingerprint density at radius 1 is 1.56 bits per heavy atom. The predicted octanol–water partition coefficient (Wildman–Crippen LogP) is 0.431. The predicted molar refractivity (Wildman–Crippen MR) is 66.7 cm³/mol. The van der Waals surface area contributed by atoms with Crippen LogP contribution in [0.1, 0.15) is 31.3 Å². The van der Waals surface area contributed by atoms with Crippen LogP contribution in [0, 0.1) is 0 Å². The molecular formula is C12H19N3O3. The van der Waals surface area contributed by atoms with E-state index in [0.29, 0.717) is 31.0 Å². The lowest BCUT2D eigenvalue weighted by Gasteiger charge is -2.31. The smallest absolute Gasteiger partial charge is 0.257 e. The summed E-state index contributed by atoms with van der Waals surface area (Å²) in [5, 5.41) is 9.73. The summed E-state index contributed by atoms with van der Waals surface area (Å²) >= 11 is 0. The Labute approximate surface area is 106 Å². The summed E-state index contributed by atoms with van der Waals surface area (Å²) in [5.74, 6) is 0.223. The molecule has 2 N–H and O–H groups in total. The number of aromatic amines is 1. The molecule has 2 heterocycles. The molecule has 0 radical (unpaired) electrons. The van der Waals surface area contributed by atoms with Crippen LogP contribution in [0.3, 0.4) is 0 Å². The number of morpholine rings is 1. The Balaban J connectivity index is 2.26. The lowest BCUT2D eigenvalue weighted by atomic mass is 10.2. The van der Waals surface area contributed by atoms with E-state index in [1.54, 1.807) is 0 Å². The zero-order valence-corrected chi connectivity index (χ0v) is 10.8. The number of H-pyrrole nitrogens is 1. The first kappa shape index (κ1) is 13.0. The van der Waals surface area contributed by atoms with Gasteiger partial charge in [-0.1, -0.05) is 13.8 Å². The number of nitrogens with zero attached hydrogens (tertiary/aromatic N) is 2. The Kier molecular flexibility index (Phi) is 3.98. The third-order valence-corrected chi connectivity index (χ3v) is 3.27. The topological polar surface area (TPSA) is 78.5 Å². The maximum atomic E-state index is 11.8. The molecule has 1 saturated heterocycles. The van der Waals surface area contributed by atoms with E-state index in [-0.39, 0.29) is 17.5 Å². The van der Waals surface area contributed by atoms with Crippen LogP contribution < -0.4 is 5.56 Å². The van der Waals surface area contributed by atoms with E-state index in [4.69, 9.17) is 4.74 Å². The summed E-state index contributed by atoms with van der Waals surface area (Å²) in [5.41, 5.74) is 0.0409. The fourth-order valence-electron chi connectivity index (χ4n) is 2.13. The van der Waals surface area contributed by atoms with Gasteiger partial charge in [0.2, 0.25) is 5.88 Å². The molecule has 6 heteroatoms. The number of rotatable bonds is 3. The minimum atomic E-state index is -0.280. The Hall–Kier alpha value is -1.40. The molecule has 1 fully saturated rings. The van der Waals surface area contributed by atoms with E-state index in [9.17, 15) is 9.90 Å². The fraction of sp³-hybridized carbons (Fsp3) is 0.667. The van der Waals surface area contributed by atoms with Gasteiger partial charge in [-0.25, -0.2) is 0 Å². The lowest BCUT2D eigenvalue weighted by Crippen LogP contribution is -2.39. The molecule has 1 aliphatic rings. The van der Waals surface area contributed by atoms with Gasteiger partial charge in [-0.3, -0.25) is 9.69 Å². The number of aromatic nitrogens is 2. The van der Waals surface area contributed by atoms with Gasteiger partial charge >= 0.3 is 0 Å². The third-order valence-electron chi connectivity index (χ3n) is 3.27. The van der Waals surface area contributed by atoms with Crippen LogP contribution in [0.25, 0.3) is 0 Å². The van der Waals surface area contributed by atoms with Crippen LogP contribution in [-0.2, 0) is 11.2 Å². The van der Waals surface area contributed by atoms with E-state index in [1.807, 2.05) is 6.92 Å². The molecule has 2 rings (SSSR count). The van der Waals surface area contributed by atoms with Crippen molar-refractivity contribution in [1.82, 2.24) is 14.9 Å². The third kappa shape index (κ3) is 2.54. The van der Waals surface area contributed by atoms with Crippen molar-refractivity contribution < 1.29 is 9.84 Å². The van der Waals surface area contributed by atoms with E-state index < -0.39 is 0 Å². The van der Waals surface area contributed by atoms with Gasteiger partial charge in [0.25, 0.3) is 5.56 Å². The average molecular weight is 253 g/mol. The molecule has 0 aromatic carbocycles. The summed E-state index contributed by atoms with van der Waals surface area (Å²) in [7, 11) is 0. The Morgan fingerprint density at radius 3 is 2.94 bits per heavy atom. The molecule has 0 amide bonds. The van der Waals surface area contributed by atoms with Crippen molar-refractivity contribution in [2.75, 3.05) is 26.2 Å². The molecule has 1 aromatic rings. The molecule has 1 aromatic heterocycles. The van der Waals surface area contributed by atoms with E-state index in [0.717, 1.165) is 13.1 Å². The second kappa shape index (κ2) is 5.49. The monoisotopic (exact) mass is 253 g/mol. The zero-order valence-electron chi connectivity index (χ0n) is 10.8. The number of nitrogens with one attached hydrogen (secondary N) is 1. The van der Waals surface area contributed by atoms with Gasteiger partial charge in [-0.2, -0.15) is 4.98 Å². The highest BCUT2D eigenvalue weighted by molar-refractivity contribution is 5.22. The van der Waals surface area contributed by atoms with Crippen LogP contribution in [-0.4, -0.2) is 46.2 Å². The summed E-state index contributed by atoms with van der Waals surface area (Å²) < 4.78 is 5.59. The second-order valence-corrected chi connectivity index (χ2v) is 4.36. The second-order valence-electron chi connectivity index (χ2n) is 4.36. The van der Waals surface area contributed by atoms with Crippen molar-refractivity contribution in [1.29, 1.82) is 0 Å².